The number of nitrogens with zero attached hydrogens (tertiary/aromatic N) is 3. The summed E-state index contributed by atoms with van der Waals surface area (Å²) >= 11 is 0. The number of ether oxygens (including phenoxy) is 1. The van der Waals surface area contributed by atoms with Gasteiger partial charge in [-0.1, -0.05) is 11.2 Å². The second-order valence-corrected chi connectivity index (χ2v) is 7.75. The molecule has 9 nitrogen and oxygen atoms in total. The number of carbonyl (C=O) groups is 1. The summed E-state index contributed by atoms with van der Waals surface area (Å²) in [6, 6.07) is 8.22. The second kappa shape index (κ2) is 8.28. The van der Waals surface area contributed by atoms with E-state index < -0.39 is 22.5 Å². The van der Waals surface area contributed by atoms with Crippen LogP contribution in [-0.2, 0) is 26.2 Å². The van der Waals surface area contributed by atoms with Crippen molar-refractivity contribution in [1.29, 1.82) is 0 Å². The molecule has 3 aromatic rings. The summed E-state index contributed by atoms with van der Waals surface area (Å²) in [5.41, 5.74) is 2.47. The number of esters is 1. The Balaban J connectivity index is 1.53. The number of aryl methyl sites for hydroxylation is 2. The third kappa shape index (κ3) is 4.78. The van der Waals surface area contributed by atoms with Crippen LogP contribution in [0.1, 0.15) is 17.0 Å². The zero-order valence-corrected chi connectivity index (χ0v) is 16.1. The van der Waals surface area contributed by atoms with Crippen molar-refractivity contribution in [3.05, 3.63) is 59.7 Å². The van der Waals surface area contributed by atoms with E-state index in [9.17, 15) is 13.2 Å². The standard InChI is InChI=1S/C18H18N4O5S/c1-12-5-6-15(8-13(12)2)28(24,25)20-10-17(23)26-11-16-21-18(22-27-16)14-4-3-7-19-9-14/h3-9,20H,10-11H2,1-2H3. The van der Waals surface area contributed by atoms with E-state index in [2.05, 4.69) is 19.8 Å². The predicted octanol–water partition coefficient (Wildman–Crippen LogP) is 1.77. The number of hydrogen-bond donors (Lipinski definition) is 1. The summed E-state index contributed by atoms with van der Waals surface area (Å²) in [7, 11) is -3.82. The summed E-state index contributed by atoms with van der Waals surface area (Å²) in [5.74, 6) is -0.368. The van der Waals surface area contributed by atoms with Crippen LogP contribution in [0.5, 0.6) is 0 Å². The van der Waals surface area contributed by atoms with Crippen LogP contribution < -0.4 is 4.72 Å². The molecule has 0 amide bonds. The molecule has 28 heavy (non-hydrogen) atoms. The van der Waals surface area contributed by atoms with Crippen LogP contribution in [0.3, 0.4) is 0 Å². The van der Waals surface area contributed by atoms with Crippen LogP contribution >= 0.6 is 0 Å². The van der Waals surface area contributed by atoms with Gasteiger partial charge in [0.1, 0.15) is 6.54 Å². The molecule has 0 aliphatic heterocycles. The van der Waals surface area contributed by atoms with Gasteiger partial charge in [-0.05, 0) is 49.2 Å². The lowest BCUT2D eigenvalue weighted by atomic mass is 10.1. The minimum absolute atomic E-state index is 0.0846. The lowest BCUT2D eigenvalue weighted by Crippen LogP contribution is -2.30. The zero-order valence-electron chi connectivity index (χ0n) is 15.2. The molecule has 0 fully saturated rings. The molecule has 0 unspecified atom stereocenters. The normalized spacial score (nSPS) is 11.4. The molecule has 0 atom stereocenters. The molecule has 146 valence electrons. The van der Waals surface area contributed by atoms with Gasteiger partial charge in [-0.25, -0.2) is 8.42 Å². The van der Waals surface area contributed by atoms with Gasteiger partial charge in [0.15, 0.2) is 6.61 Å². The largest absolute Gasteiger partial charge is 0.455 e. The van der Waals surface area contributed by atoms with Gasteiger partial charge >= 0.3 is 5.97 Å². The minimum atomic E-state index is -3.82. The highest BCUT2D eigenvalue weighted by Gasteiger charge is 2.17. The molecule has 0 radical (unpaired) electrons. The van der Waals surface area contributed by atoms with Gasteiger partial charge in [-0.2, -0.15) is 9.71 Å². The number of pyridine rings is 1. The number of benzene rings is 1. The molecule has 0 aliphatic rings. The highest BCUT2D eigenvalue weighted by molar-refractivity contribution is 7.89. The summed E-state index contributed by atoms with van der Waals surface area (Å²) < 4.78 is 36.7. The SMILES string of the molecule is Cc1ccc(S(=O)(=O)NCC(=O)OCc2nc(-c3cccnc3)no2)cc1C. The topological polar surface area (TPSA) is 124 Å². The first-order chi connectivity index (χ1) is 13.3. The summed E-state index contributed by atoms with van der Waals surface area (Å²) in [4.78, 5) is 20.0. The Hall–Kier alpha value is -3.11. The van der Waals surface area contributed by atoms with Gasteiger partial charge in [-0.15, -0.1) is 0 Å². The Labute approximate surface area is 161 Å². The van der Waals surface area contributed by atoms with Crippen LogP contribution in [0.25, 0.3) is 11.4 Å². The fraction of sp³-hybridized carbons (Fsp3) is 0.222. The highest BCUT2D eigenvalue weighted by atomic mass is 32.2. The van der Waals surface area contributed by atoms with Crippen LogP contribution in [0, 0.1) is 13.8 Å². The molecule has 2 heterocycles. The smallest absolute Gasteiger partial charge is 0.321 e. The fourth-order valence-corrected chi connectivity index (χ4v) is 3.29. The molecule has 2 aromatic heterocycles. The first-order valence-electron chi connectivity index (χ1n) is 8.31. The fourth-order valence-electron chi connectivity index (χ4n) is 2.24. The molecule has 0 spiro atoms. The third-order valence-corrected chi connectivity index (χ3v) is 5.34. The minimum Gasteiger partial charge on any atom is -0.455 e. The van der Waals surface area contributed by atoms with Gasteiger partial charge in [0, 0.05) is 18.0 Å². The van der Waals surface area contributed by atoms with Gasteiger partial charge < -0.3 is 9.26 Å². The van der Waals surface area contributed by atoms with E-state index in [-0.39, 0.29) is 17.4 Å². The van der Waals surface area contributed by atoms with Crippen molar-refractivity contribution in [3.63, 3.8) is 0 Å². The average Bonchev–Trinajstić information content (AvgIpc) is 3.16. The third-order valence-electron chi connectivity index (χ3n) is 3.94. The molecule has 0 saturated heterocycles. The van der Waals surface area contributed by atoms with Crippen LogP contribution in [0.2, 0.25) is 0 Å². The van der Waals surface area contributed by atoms with Crippen molar-refractivity contribution in [1.82, 2.24) is 19.8 Å². The summed E-state index contributed by atoms with van der Waals surface area (Å²) in [6.45, 7) is 2.91. The number of nitrogens with one attached hydrogen (secondary N) is 1. The maximum absolute atomic E-state index is 12.3. The summed E-state index contributed by atoms with van der Waals surface area (Å²) in [5, 5.41) is 3.78. The first-order valence-corrected chi connectivity index (χ1v) is 9.79. The molecule has 1 N–H and O–H groups in total. The Kier molecular flexibility index (Phi) is 5.81. The van der Waals surface area contributed by atoms with Crippen molar-refractivity contribution in [2.75, 3.05) is 6.54 Å². The van der Waals surface area contributed by atoms with Crippen LogP contribution in [0.4, 0.5) is 0 Å². The maximum Gasteiger partial charge on any atom is 0.321 e. The number of rotatable bonds is 7. The second-order valence-electron chi connectivity index (χ2n) is 5.98. The summed E-state index contributed by atoms with van der Waals surface area (Å²) in [6.07, 6.45) is 3.19. The van der Waals surface area contributed by atoms with E-state index >= 15 is 0 Å². The van der Waals surface area contributed by atoms with E-state index in [4.69, 9.17) is 9.26 Å². The maximum atomic E-state index is 12.3. The lowest BCUT2D eigenvalue weighted by molar-refractivity contribution is -0.144. The van der Waals surface area contributed by atoms with Crippen molar-refractivity contribution < 1.29 is 22.5 Å². The first kappa shape index (κ1) is 19.6. The number of aromatic nitrogens is 3. The lowest BCUT2D eigenvalue weighted by Gasteiger charge is -2.08. The van der Waals surface area contributed by atoms with Crippen LogP contribution in [-0.4, -0.2) is 36.1 Å². The highest BCUT2D eigenvalue weighted by Crippen LogP contribution is 2.15. The van der Waals surface area contributed by atoms with E-state index in [1.165, 1.54) is 6.07 Å². The molecule has 3 rings (SSSR count). The van der Waals surface area contributed by atoms with Gasteiger partial charge in [0.25, 0.3) is 5.89 Å². The number of sulfonamides is 1. The van der Waals surface area contributed by atoms with Crippen LogP contribution in [0.15, 0.2) is 52.1 Å². The Bertz CT molecular complexity index is 1080. The van der Waals surface area contributed by atoms with Crippen molar-refractivity contribution in [3.8, 4) is 11.4 Å². The van der Waals surface area contributed by atoms with Gasteiger partial charge in [-0.3, -0.25) is 9.78 Å². The van der Waals surface area contributed by atoms with Crippen molar-refractivity contribution >= 4 is 16.0 Å². The van der Waals surface area contributed by atoms with Crippen molar-refractivity contribution in [2.24, 2.45) is 0 Å². The zero-order chi connectivity index (χ0) is 20.1. The molecule has 10 heteroatoms. The predicted molar refractivity (Wildman–Crippen MR) is 98.4 cm³/mol. The van der Waals surface area contributed by atoms with Gasteiger partial charge in [0.05, 0.1) is 4.90 Å². The molecule has 1 aromatic carbocycles. The van der Waals surface area contributed by atoms with Gasteiger partial charge in [0.2, 0.25) is 15.8 Å². The average molecular weight is 402 g/mol. The number of carbonyl (C=O) groups excluding carboxylic acids is 1. The van der Waals surface area contributed by atoms with E-state index in [1.807, 2.05) is 13.8 Å². The Morgan fingerprint density at radius 2 is 2.04 bits per heavy atom. The molecular weight excluding hydrogens is 384 g/mol. The molecule has 0 saturated carbocycles. The molecular formula is C18H18N4O5S. The molecule has 0 bridgehead atoms. The monoisotopic (exact) mass is 402 g/mol. The molecule has 0 aliphatic carbocycles. The quantitative estimate of drug-likeness (QED) is 0.593. The van der Waals surface area contributed by atoms with E-state index in [1.54, 1.807) is 36.7 Å². The van der Waals surface area contributed by atoms with Crippen molar-refractivity contribution in [2.45, 2.75) is 25.3 Å². The Morgan fingerprint density at radius 1 is 1.21 bits per heavy atom. The van der Waals surface area contributed by atoms with E-state index in [0.29, 0.717) is 11.4 Å². The van der Waals surface area contributed by atoms with E-state index in [0.717, 1.165) is 11.1 Å². The number of hydrogen-bond acceptors (Lipinski definition) is 8. The Morgan fingerprint density at radius 3 is 2.75 bits per heavy atom.